The van der Waals surface area contributed by atoms with Crippen LogP contribution in [0.3, 0.4) is 0 Å². The van der Waals surface area contributed by atoms with E-state index in [4.69, 9.17) is 0 Å². The molecule has 2 nitrogen and oxygen atoms in total. The first-order valence-electron chi connectivity index (χ1n) is 5.33. The first kappa shape index (κ1) is 12.8. The Morgan fingerprint density at radius 2 is 2.00 bits per heavy atom. The smallest absolute Gasteiger partial charge is 0.296 e. The van der Waals surface area contributed by atoms with Gasteiger partial charge in [0.2, 0.25) is 0 Å². The molecule has 1 aliphatic rings. The predicted molar refractivity (Wildman–Crippen MR) is 56.5 cm³/mol. The number of likely N-dealkylation sites (tertiary alicyclic amines) is 1. The Kier molecular flexibility index (Phi) is 3.67. The van der Waals surface area contributed by atoms with Crippen LogP contribution in [0.25, 0.3) is 0 Å². The third-order valence-corrected chi connectivity index (χ3v) is 3.55. The topological polar surface area (TPSA) is 16.1 Å². The highest BCUT2D eigenvalue weighted by Crippen LogP contribution is 2.30. The van der Waals surface area contributed by atoms with Crippen molar-refractivity contribution in [1.82, 2.24) is 9.88 Å². The van der Waals surface area contributed by atoms with E-state index in [9.17, 15) is 17.6 Å². The van der Waals surface area contributed by atoms with Crippen molar-refractivity contribution in [2.24, 2.45) is 0 Å². The van der Waals surface area contributed by atoms with Crippen molar-refractivity contribution in [2.75, 3.05) is 13.1 Å². The van der Waals surface area contributed by atoms with Gasteiger partial charge < -0.3 is 0 Å². The molecule has 0 bridgehead atoms. The molecule has 0 radical (unpaired) electrons. The van der Waals surface area contributed by atoms with E-state index in [0.717, 1.165) is 16.7 Å². The Morgan fingerprint density at radius 3 is 2.53 bits per heavy atom. The standard InChI is InChI=1S/C10H12F4N2S/c11-7-1-3-16(4-2-7)5-9-15-8(6-17-9)10(12,13)14/h6-7H,1-5H2. The zero-order chi connectivity index (χ0) is 12.5. The average Bonchev–Trinajstić information content (AvgIpc) is 2.69. The van der Waals surface area contributed by atoms with Crippen LogP contribution < -0.4 is 0 Å². The maximum Gasteiger partial charge on any atom is 0.434 e. The fourth-order valence-electron chi connectivity index (χ4n) is 1.76. The molecule has 7 heteroatoms. The summed E-state index contributed by atoms with van der Waals surface area (Å²) in [4.78, 5) is 5.49. The molecule has 0 N–H and O–H groups in total. The summed E-state index contributed by atoms with van der Waals surface area (Å²) in [5, 5.41) is 1.46. The normalized spacial score (nSPS) is 19.8. The summed E-state index contributed by atoms with van der Waals surface area (Å²) in [6, 6.07) is 0. The number of piperidine rings is 1. The van der Waals surface area contributed by atoms with E-state index in [1.54, 1.807) is 0 Å². The van der Waals surface area contributed by atoms with Crippen LogP contribution in [0, 0.1) is 0 Å². The Hall–Kier alpha value is -0.690. The molecule has 2 rings (SSSR count). The van der Waals surface area contributed by atoms with Gasteiger partial charge in [-0.05, 0) is 12.8 Å². The van der Waals surface area contributed by atoms with Crippen LogP contribution >= 0.6 is 11.3 Å². The van der Waals surface area contributed by atoms with Crippen molar-refractivity contribution in [1.29, 1.82) is 0 Å². The van der Waals surface area contributed by atoms with Crippen molar-refractivity contribution < 1.29 is 17.6 Å². The molecule has 0 unspecified atom stereocenters. The average molecular weight is 268 g/mol. The summed E-state index contributed by atoms with van der Waals surface area (Å²) in [5.41, 5.74) is -0.835. The van der Waals surface area contributed by atoms with Crippen molar-refractivity contribution in [3.8, 4) is 0 Å². The summed E-state index contributed by atoms with van der Waals surface area (Å²) in [5.74, 6) is 0. The Bertz CT molecular complexity index is 369. The molecule has 1 fully saturated rings. The first-order chi connectivity index (χ1) is 7.95. The van der Waals surface area contributed by atoms with Crippen molar-refractivity contribution in [2.45, 2.75) is 31.7 Å². The van der Waals surface area contributed by atoms with E-state index in [1.165, 1.54) is 0 Å². The van der Waals surface area contributed by atoms with Crippen LogP contribution in [-0.4, -0.2) is 29.1 Å². The minimum atomic E-state index is -4.37. The lowest BCUT2D eigenvalue weighted by Gasteiger charge is -2.27. The van der Waals surface area contributed by atoms with Crippen molar-refractivity contribution in [3.63, 3.8) is 0 Å². The summed E-state index contributed by atoms with van der Waals surface area (Å²) in [6.07, 6.45) is -4.23. The first-order valence-corrected chi connectivity index (χ1v) is 6.21. The number of rotatable bonds is 2. The number of halogens is 4. The molecule has 0 amide bonds. The lowest BCUT2D eigenvalue weighted by Crippen LogP contribution is -2.33. The van der Waals surface area contributed by atoms with Gasteiger partial charge in [0.15, 0.2) is 5.69 Å². The van der Waals surface area contributed by atoms with Crippen LogP contribution in [0.4, 0.5) is 17.6 Å². The number of thiazole rings is 1. The largest absolute Gasteiger partial charge is 0.434 e. The summed E-state index contributed by atoms with van der Waals surface area (Å²) < 4.78 is 49.8. The number of nitrogens with zero attached hydrogens (tertiary/aromatic N) is 2. The highest BCUT2D eigenvalue weighted by atomic mass is 32.1. The van der Waals surface area contributed by atoms with Gasteiger partial charge in [-0.1, -0.05) is 0 Å². The third-order valence-electron chi connectivity index (χ3n) is 2.72. The Morgan fingerprint density at radius 1 is 1.35 bits per heavy atom. The van der Waals surface area contributed by atoms with Gasteiger partial charge >= 0.3 is 6.18 Å². The lowest BCUT2D eigenvalue weighted by molar-refractivity contribution is -0.140. The van der Waals surface area contributed by atoms with Crippen molar-refractivity contribution >= 4 is 11.3 Å². The molecule has 0 spiro atoms. The number of hydrogen-bond donors (Lipinski definition) is 0. The van der Waals surface area contributed by atoms with Gasteiger partial charge in [0.05, 0.1) is 6.54 Å². The molecule has 1 aromatic rings. The molecule has 0 aliphatic carbocycles. The monoisotopic (exact) mass is 268 g/mol. The van der Waals surface area contributed by atoms with Gasteiger partial charge in [-0.3, -0.25) is 4.90 Å². The lowest BCUT2D eigenvalue weighted by atomic mass is 10.1. The highest BCUT2D eigenvalue weighted by Gasteiger charge is 2.33. The van der Waals surface area contributed by atoms with Crippen LogP contribution in [-0.2, 0) is 12.7 Å². The number of hydrogen-bond acceptors (Lipinski definition) is 3. The van der Waals surface area contributed by atoms with Crippen LogP contribution in [0.15, 0.2) is 5.38 Å². The van der Waals surface area contributed by atoms with Gasteiger partial charge in [0, 0.05) is 18.5 Å². The minimum Gasteiger partial charge on any atom is -0.296 e. The van der Waals surface area contributed by atoms with Crippen LogP contribution in [0.2, 0.25) is 0 Å². The molecule has 0 aromatic carbocycles. The molecule has 17 heavy (non-hydrogen) atoms. The zero-order valence-electron chi connectivity index (χ0n) is 9.00. The molecule has 96 valence electrons. The Balaban J connectivity index is 1.93. The van der Waals surface area contributed by atoms with Gasteiger partial charge in [0.1, 0.15) is 11.2 Å². The molecule has 1 aliphatic heterocycles. The number of aromatic nitrogens is 1. The fraction of sp³-hybridized carbons (Fsp3) is 0.700. The summed E-state index contributed by atoms with van der Waals surface area (Å²) in [7, 11) is 0. The van der Waals surface area contributed by atoms with Gasteiger partial charge in [0.25, 0.3) is 0 Å². The van der Waals surface area contributed by atoms with E-state index >= 15 is 0 Å². The van der Waals surface area contributed by atoms with Gasteiger partial charge in [-0.15, -0.1) is 11.3 Å². The van der Waals surface area contributed by atoms with Crippen molar-refractivity contribution in [3.05, 3.63) is 16.1 Å². The molecular formula is C10H12F4N2S. The second-order valence-electron chi connectivity index (χ2n) is 4.08. The molecule has 2 heterocycles. The maximum absolute atomic E-state index is 12.9. The third kappa shape index (κ3) is 3.38. The quantitative estimate of drug-likeness (QED) is 0.766. The van der Waals surface area contributed by atoms with E-state index < -0.39 is 18.0 Å². The zero-order valence-corrected chi connectivity index (χ0v) is 9.82. The van der Waals surface area contributed by atoms with Crippen LogP contribution in [0.5, 0.6) is 0 Å². The number of alkyl halides is 4. The van der Waals surface area contributed by atoms with E-state index in [-0.39, 0.29) is 0 Å². The molecule has 1 aromatic heterocycles. The maximum atomic E-state index is 12.9. The summed E-state index contributed by atoms with van der Waals surface area (Å²) >= 11 is 1.00. The van der Waals surface area contributed by atoms with E-state index in [0.29, 0.717) is 37.5 Å². The van der Waals surface area contributed by atoms with E-state index in [1.807, 2.05) is 4.90 Å². The van der Waals surface area contributed by atoms with Gasteiger partial charge in [-0.25, -0.2) is 9.37 Å². The Labute approximate surface area is 100 Å². The second kappa shape index (κ2) is 4.89. The van der Waals surface area contributed by atoms with Crippen LogP contribution in [0.1, 0.15) is 23.5 Å². The molecule has 0 atom stereocenters. The fourth-order valence-corrected chi connectivity index (χ4v) is 2.61. The minimum absolute atomic E-state index is 0.382. The molecule has 0 saturated carbocycles. The van der Waals surface area contributed by atoms with Gasteiger partial charge in [-0.2, -0.15) is 13.2 Å². The second-order valence-corrected chi connectivity index (χ2v) is 5.02. The highest BCUT2D eigenvalue weighted by molar-refractivity contribution is 7.09. The SMILES string of the molecule is FC1CCN(Cc2nc(C(F)(F)F)cs2)CC1. The molecule has 1 saturated heterocycles. The summed E-state index contributed by atoms with van der Waals surface area (Å²) in [6.45, 7) is 1.55. The molecular weight excluding hydrogens is 256 g/mol. The predicted octanol–water partition coefficient (Wildman–Crippen LogP) is 3.10. The van der Waals surface area contributed by atoms with E-state index in [2.05, 4.69) is 4.98 Å².